The lowest BCUT2D eigenvalue weighted by atomic mass is 10.2. The van der Waals surface area contributed by atoms with Gasteiger partial charge in [0.25, 0.3) is 5.69 Å². The number of nitrogens with one attached hydrogen (secondary N) is 1. The average molecular weight is 396 g/mol. The molecule has 1 unspecified atom stereocenters. The molecule has 0 radical (unpaired) electrons. The van der Waals surface area contributed by atoms with Gasteiger partial charge in [-0.1, -0.05) is 36.0 Å². The van der Waals surface area contributed by atoms with Gasteiger partial charge in [0, 0.05) is 36.4 Å². The summed E-state index contributed by atoms with van der Waals surface area (Å²) in [4.78, 5) is 19.7. The molecule has 0 spiro atoms. The van der Waals surface area contributed by atoms with E-state index in [0.29, 0.717) is 10.9 Å². The zero-order chi connectivity index (χ0) is 19.3. The van der Waals surface area contributed by atoms with E-state index in [2.05, 4.69) is 10.3 Å². The van der Waals surface area contributed by atoms with Crippen LogP contribution in [0.5, 0.6) is 0 Å². The molecular weight excluding hydrogens is 376 g/mol. The number of nitro groups is 1. The van der Waals surface area contributed by atoms with Crippen molar-refractivity contribution in [2.24, 2.45) is 0 Å². The molecule has 0 aliphatic carbocycles. The number of non-ortho nitro benzene ring substituents is 1. The zero-order valence-electron chi connectivity index (χ0n) is 15.2. The third-order valence-electron chi connectivity index (χ3n) is 4.62. The highest BCUT2D eigenvalue weighted by atomic mass is 32.2. The summed E-state index contributed by atoms with van der Waals surface area (Å²) >= 11 is 1.51. The van der Waals surface area contributed by atoms with Crippen LogP contribution in [0.15, 0.2) is 53.7 Å². The second-order valence-corrected chi connectivity index (χ2v) is 7.54. The molecule has 4 rings (SSSR count). The summed E-state index contributed by atoms with van der Waals surface area (Å²) in [5.41, 5.74) is 1.97. The van der Waals surface area contributed by atoms with Crippen molar-refractivity contribution < 1.29 is 9.66 Å². The standard InChI is InChI=1S/C20H20N4O3S/c25-24(26)15-9-7-14(8-10-15)13-28-20-22-18-6-2-1-5-17(18)19(23-20)21-12-16-4-3-11-27-16/h1-2,5-10,16H,3-4,11-13H2,(H,21,22,23). The molecule has 7 nitrogen and oxygen atoms in total. The Balaban J connectivity index is 1.50. The summed E-state index contributed by atoms with van der Waals surface area (Å²) in [7, 11) is 0. The summed E-state index contributed by atoms with van der Waals surface area (Å²) < 4.78 is 5.69. The van der Waals surface area contributed by atoms with E-state index >= 15 is 0 Å². The Morgan fingerprint density at radius 1 is 1.18 bits per heavy atom. The number of nitrogens with zero attached hydrogens (tertiary/aromatic N) is 3. The van der Waals surface area contributed by atoms with Crippen molar-refractivity contribution in [1.82, 2.24) is 9.97 Å². The first-order valence-electron chi connectivity index (χ1n) is 9.17. The largest absolute Gasteiger partial charge is 0.376 e. The Morgan fingerprint density at radius 2 is 2.00 bits per heavy atom. The van der Waals surface area contributed by atoms with E-state index in [0.717, 1.165) is 48.3 Å². The summed E-state index contributed by atoms with van der Waals surface area (Å²) in [6.45, 7) is 1.56. The average Bonchev–Trinajstić information content (AvgIpc) is 3.24. The molecule has 28 heavy (non-hydrogen) atoms. The minimum absolute atomic E-state index is 0.0938. The maximum atomic E-state index is 10.8. The van der Waals surface area contributed by atoms with E-state index in [9.17, 15) is 10.1 Å². The maximum Gasteiger partial charge on any atom is 0.269 e. The van der Waals surface area contributed by atoms with E-state index in [1.807, 2.05) is 24.3 Å². The quantitative estimate of drug-likeness (QED) is 0.274. The van der Waals surface area contributed by atoms with Gasteiger partial charge >= 0.3 is 0 Å². The van der Waals surface area contributed by atoms with Crippen LogP contribution in [0, 0.1) is 10.1 Å². The van der Waals surface area contributed by atoms with Gasteiger partial charge in [-0.05, 0) is 30.5 Å². The number of ether oxygens (including phenoxy) is 1. The summed E-state index contributed by atoms with van der Waals surface area (Å²) in [6, 6.07) is 14.5. The molecule has 2 heterocycles. The number of thioether (sulfide) groups is 1. The summed E-state index contributed by atoms with van der Waals surface area (Å²) in [5, 5.41) is 15.9. The highest BCUT2D eigenvalue weighted by molar-refractivity contribution is 7.98. The fourth-order valence-corrected chi connectivity index (χ4v) is 3.94. The van der Waals surface area contributed by atoms with Crippen LogP contribution >= 0.6 is 11.8 Å². The number of nitro benzene ring substituents is 1. The smallest absolute Gasteiger partial charge is 0.269 e. The van der Waals surface area contributed by atoms with Crippen molar-refractivity contribution in [3.63, 3.8) is 0 Å². The van der Waals surface area contributed by atoms with Crippen LogP contribution < -0.4 is 5.32 Å². The van der Waals surface area contributed by atoms with Crippen molar-refractivity contribution in [3.05, 3.63) is 64.2 Å². The van der Waals surface area contributed by atoms with E-state index in [1.165, 1.54) is 23.9 Å². The van der Waals surface area contributed by atoms with Crippen LogP contribution in [-0.2, 0) is 10.5 Å². The molecular formula is C20H20N4O3S. The van der Waals surface area contributed by atoms with Gasteiger partial charge < -0.3 is 10.1 Å². The fourth-order valence-electron chi connectivity index (χ4n) is 3.13. The normalized spacial score (nSPS) is 16.4. The Bertz CT molecular complexity index is 975. The molecule has 1 aromatic heterocycles. The van der Waals surface area contributed by atoms with Crippen molar-refractivity contribution in [2.45, 2.75) is 29.9 Å². The van der Waals surface area contributed by atoms with Crippen LogP contribution in [0.1, 0.15) is 18.4 Å². The van der Waals surface area contributed by atoms with E-state index in [4.69, 9.17) is 9.72 Å². The first kappa shape index (κ1) is 18.6. The number of para-hydroxylation sites is 1. The first-order chi connectivity index (χ1) is 13.7. The van der Waals surface area contributed by atoms with E-state index in [1.54, 1.807) is 12.1 Å². The van der Waals surface area contributed by atoms with Gasteiger partial charge in [0.2, 0.25) is 0 Å². The SMILES string of the molecule is O=[N+]([O-])c1ccc(CSc2nc(NCC3CCCO3)c3ccccc3n2)cc1. The van der Waals surface area contributed by atoms with Gasteiger partial charge in [-0.25, -0.2) is 9.97 Å². The number of hydrogen-bond acceptors (Lipinski definition) is 7. The Kier molecular flexibility index (Phi) is 5.68. The topological polar surface area (TPSA) is 90.2 Å². The van der Waals surface area contributed by atoms with Gasteiger partial charge in [-0.15, -0.1) is 0 Å². The van der Waals surface area contributed by atoms with Gasteiger partial charge in [-0.3, -0.25) is 10.1 Å². The minimum atomic E-state index is -0.393. The highest BCUT2D eigenvalue weighted by Gasteiger charge is 2.16. The van der Waals surface area contributed by atoms with Gasteiger partial charge in [-0.2, -0.15) is 0 Å². The third kappa shape index (κ3) is 4.40. The van der Waals surface area contributed by atoms with Crippen LogP contribution in [-0.4, -0.2) is 34.1 Å². The molecule has 3 aromatic rings. The molecule has 0 amide bonds. The van der Waals surface area contributed by atoms with Gasteiger partial charge in [0.1, 0.15) is 5.82 Å². The second-order valence-electron chi connectivity index (χ2n) is 6.60. The number of fused-ring (bicyclic) bond motifs is 1. The van der Waals surface area contributed by atoms with Crippen molar-refractivity contribution in [3.8, 4) is 0 Å². The van der Waals surface area contributed by atoms with Gasteiger partial charge in [0.15, 0.2) is 5.16 Å². The molecule has 1 fully saturated rings. The highest BCUT2D eigenvalue weighted by Crippen LogP contribution is 2.27. The molecule has 1 aliphatic heterocycles. The van der Waals surface area contributed by atoms with Crippen molar-refractivity contribution >= 4 is 34.2 Å². The first-order valence-corrected chi connectivity index (χ1v) is 10.2. The van der Waals surface area contributed by atoms with Crippen molar-refractivity contribution in [2.75, 3.05) is 18.5 Å². The summed E-state index contributed by atoms with van der Waals surface area (Å²) in [5.74, 6) is 1.45. The molecule has 8 heteroatoms. The number of anilines is 1. The number of benzene rings is 2. The Hall–Kier alpha value is -2.71. The van der Waals surface area contributed by atoms with Crippen LogP contribution in [0.3, 0.4) is 0 Å². The number of rotatable bonds is 7. The van der Waals surface area contributed by atoms with Gasteiger partial charge in [0.05, 0.1) is 16.5 Å². The van der Waals surface area contributed by atoms with Crippen LogP contribution in [0.2, 0.25) is 0 Å². The van der Waals surface area contributed by atoms with Crippen LogP contribution in [0.4, 0.5) is 11.5 Å². The maximum absolute atomic E-state index is 10.8. The monoisotopic (exact) mass is 396 g/mol. The van der Waals surface area contributed by atoms with Crippen LogP contribution in [0.25, 0.3) is 10.9 Å². The zero-order valence-corrected chi connectivity index (χ0v) is 16.0. The number of aromatic nitrogens is 2. The lowest BCUT2D eigenvalue weighted by Crippen LogP contribution is -2.19. The predicted molar refractivity (Wildman–Crippen MR) is 110 cm³/mol. The molecule has 2 aromatic carbocycles. The Morgan fingerprint density at radius 3 is 2.75 bits per heavy atom. The predicted octanol–water partition coefficient (Wildman–Crippen LogP) is 4.42. The molecule has 0 saturated carbocycles. The summed E-state index contributed by atoms with van der Waals surface area (Å²) in [6.07, 6.45) is 2.40. The van der Waals surface area contributed by atoms with E-state index < -0.39 is 4.92 Å². The lowest BCUT2D eigenvalue weighted by molar-refractivity contribution is -0.384. The molecule has 1 saturated heterocycles. The fraction of sp³-hybridized carbons (Fsp3) is 0.300. The third-order valence-corrected chi connectivity index (χ3v) is 5.54. The molecule has 1 atom stereocenters. The Labute approximate surface area is 166 Å². The number of hydrogen-bond donors (Lipinski definition) is 1. The van der Waals surface area contributed by atoms with E-state index in [-0.39, 0.29) is 11.8 Å². The van der Waals surface area contributed by atoms with Crippen molar-refractivity contribution in [1.29, 1.82) is 0 Å². The molecule has 1 N–H and O–H groups in total. The minimum Gasteiger partial charge on any atom is -0.376 e. The second kappa shape index (κ2) is 8.53. The lowest BCUT2D eigenvalue weighted by Gasteiger charge is -2.14. The molecule has 1 aliphatic rings. The molecule has 144 valence electrons. The molecule has 0 bridgehead atoms.